The van der Waals surface area contributed by atoms with Crippen LogP contribution in [0.1, 0.15) is 0 Å². The number of benzene rings is 1. The Bertz CT molecular complexity index is 449. The molecule has 5 nitrogen and oxygen atoms in total. The summed E-state index contributed by atoms with van der Waals surface area (Å²) in [6.07, 6.45) is 2.84. The number of aromatic nitrogens is 2. The van der Waals surface area contributed by atoms with Crippen LogP contribution >= 0.6 is 0 Å². The second-order valence-electron chi connectivity index (χ2n) is 2.82. The van der Waals surface area contributed by atoms with E-state index in [1.807, 2.05) is 35.8 Å². The minimum Gasteiger partial charge on any atom is -0.290 e. The van der Waals surface area contributed by atoms with Crippen molar-refractivity contribution in [2.75, 3.05) is 0 Å². The number of rotatable bonds is 3. The van der Waals surface area contributed by atoms with Gasteiger partial charge in [0.05, 0.1) is 11.9 Å². The monoisotopic (exact) mass is 202 g/mol. The highest BCUT2D eigenvalue weighted by Gasteiger charge is 2.01. The van der Waals surface area contributed by atoms with Gasteiger partial charge < -0.3 is 0 Å². The maximum Gasteiger partial charge on any atom is 0.157 e. The summed E-state index contributed by atoms with van der Waals surface area (Å²) in [7, 11) is 0. The van der Waals surface area contributed by atoms with Gasteiger partial charge in [0.25, 0.3) is 0 Å². The summed E-state index contributed by atoms with van der Waals surface area (Å²) >= 11 is 0. The van der Waals surface area contributed by atoms with Crippen LogP contribution in [0.5, 0.6) is 0 Å². The van der Waals surface area contributed by atoms with Crippen molar-refractivity contribution in [3.05, 3.63) is 42.6 Å². The van der Waals surface area contributed by atoms with Crippen LogP contribution in [0.25, 0.3) is 5.69 Å². The van der Waals surface area contributed by atoms with Gasteiger partial charge in [-0.05, 0) is 12.1 Å². The molecule has 5 heteroatoms. The highest BCUT2D eigenvalue weighted by Crippen LogP contribution is 2.16. The van der Waals surface area contributed by atoms with Crippen LogP contribution in [-0.4, -0.2) is 21.3 Å². The Kier molecular flexibility index (Phi) is 2.75. The van der Waals surface area contributed by atoms with Gasteiger partial charge in [0.2, 0.25) is 0 Å². The lowest BCUT2D eigenvalue weighted by Gasteiger charge is -2.02. The zero-order valence-corrected chi connectivity index (χ0v) is 7.91. The first kappa shape index (κ1) is 9.42. The highest BCUT2D eigenvalue weighted by molar-refractivity contribution is 5.58. The number of nitrogens with one attached hydrogen (secondary N) is 1. The van der Waals surface area contributed by atoms with Crippen molar-refractivity contribution in [1.29, 1.82) is 0 Å². The Morgan fingerprint density at radius 1 is 1.27 bits per heavy atom. The summed E-state index contributed by atoms with van der Waals surface area (Å²) in [5.41, 5.74) is 2.78. The molecule has 0 saturated heterocycles. The fourth-order valence-corrected chi connectivity index (χ4v) is 1.26. The summed E-state index contributed by atoms with van der Waals surface area (Å²) in [6.45, 7) is 0. The van der Waals surface area contributed by atoms with E-state index >= 15 is 0 Å². The van der Waals surface area contributed by atoms with Gasteiger partial charge in [-0.1, -0.05) is 18.2 Å². The molecule has 0 amide bonds. The summed E-state index contributed by atoms with van der Waals surface area (Å²) in [5, 5.41) is 12.5. The molecule has 1 heterocycles. The van der Waals surface area contributed by atoms with Crippen molar-refractivity contribution < 1.29 is 5.21 Å². The van der Waals surface area contributed by atoms with Crippen molar-refractivity contribution >= 4 is 12.2 Å². The largest absolute Gasteiger partial charge is 0.290 e. The molecule has 0 saturated carbocycles. The quantitative estimate of drug-likeness (QED) is 0.450. The lowest BCUT2D eigenvalue weighted by Crippen LogP contribution is -2.02. The standard InChI is InChI=1S/C10H10N4O/c15-13-8-11-10-6-7-12-14(10)9-4-2-1-3-5-9/h1-8,15H,(H,11,13). The van der Waals surface area contributed by atoms with E-state index in [1.54, 1.807) is 16.9 Å². The van der Waals surface area contributed by atoms with E-state index in [2.05, 4.69) is 10.1 Å². The van der Waals surface area contributed by atoms with Crippen LogP contribution in [0.4, 0.5) is 5.82 Å². The third-order valence-electron chi connectivity index (χ3n) is 1.88. The summed E-state index contributed by atoms with van der Waals surface area (Å²) in [5.74, 6) is 0.641. The predicted molar refractivity (Wildman–Crippen MR) is 56.6 cm³/mol. The van der Waals surface area contributed by atoms with Gasteiger partial charge >= 0.3 is 0 Å². The van der Waals surface area contributed by atoms with Gasteiger partial charge in [-0.25, -0.2) is 9.67 Å². The average Bonchev–Trinajstić information content (AvgIpc) is 2.75. The zero-order chi connectivity index (χ0) is 10.5. The fourth-order valence-electron chi connectivity index (χ4n) is 1.26. The van der Waals surface area contributed by atoms with E-state index in [0.717, 1.165) is 5.69 Å². The lowest BCUT2D eigenvalue weighted by atomic mass is 10.3. The van der Waals surface area contributed by atoms with Crippen molar-refractivity contribution in [3.63, 3.8) is 0 Å². The van der Waals surface area contributed by atoms with E-state index in [0.29, 0.717) is 5.82 Å². The maximum atomic E-state index is 8.40. The Balaban J connectivity index is 2.37. The SMILES string of the molecule is ON/C=N/c1ccnn1-c1ccccc1. The molecule has 2 aromatic rings. The molecule has 76 valence electrons. The van der Waals surface area contributed by atoms with Crippen molar-refractivity contribution in [1.82, 2.24) is 15.3 Å². The maximum absolute atomic E-state index is 8.40. The van der Waals surface area contributed by atoms with Crippen LogP contribution in [-0.2, 0) is 0 Å². The molecule has 0 fully saturated rings. The minimum absolute atomic E-state index is 0.641. The Labute approximate surface area is 86.7 Å². The molecular formula is C10H10N4O. The van der Waals surface area contributed by atoms with Crippen LogP contribution < -0.4 is 5.48 Å². The van der Waals surface area contributed by atoms with Gasteiger partial charge in [0.1, 0.15) is 6.34 Å². The van der Waals surface area contributed by atoms with Gasteiger partial charge in [0, 0.05) is 6.07 Å². The topological polar surface area (TPSA) is 62.4 Å². The van der Waals surface area contributed by atoms with E-state index in [4.69, 9.17) is 5.21 Å². The van der Waals surface area contributed by atoms with Gasteiger partial charge in [-0.3, -0.25) is 10.7 Å². The molecule has 0 aliphatic heterocycles. The number of hydrogen-bond acceptors (Lipinski definition) is 3. The molecule has 0 radical (unpaired) electrons. The zero-order valence-electron chi connectivity index (χ0n) is 7.91. The predicted octanol–water partition coefficient (Wildman–Crippen LogP) is 1.51. The molecule has 15 heavy (non-hydrogen) atoms. The van der Waals surface area contributed by atoms with Crippen molar-refractivity contribution in [2.24, 2.45) is 4.99 Å². The van der Waals surface area contributed by atoms with Gasteiger partial charge in [0.15, 0.2) is 5.82 Å². The Morgan fingerprint density at radius 3 is 2.80 bits per heavy atom. The molecule has 0 aliphatic carbocycles. The Morgan fingerprint density at radius 2 is 2.07 bits per heavy atom. The molecule has 0 unspecified atom stereocenters. The van der Waals surface area contributed by atoms with Crippen LogP contribution in [0.3, 0.4) is 0 Å². The summed E-state index contributed by atoms with van der Waals surface area (Å²) in [6, 6.07) is 11.4. The normalized spacial score (nSPS) is 10.7. The Hall–Kier alpha value is -2.14. The number of nitrogens with zero attached hydrogens (tertiary/aromatic N) is 3. The lowest BCUT2D eigenvalue weighted by molar-refractivity contribution is 0.240. The molecule has 0 bridgehead atoms. The number of para-hydroxylation sites is 1. The number of hydrogen-bond donors (Lipinski definition) is 2. The van der Waals surface area contributed by atoms with Crippen molar-refractivity contribution in [3.8, 4) is 5.69 Å². The highest BCUT2D eigenvalue weighted by atomic mass is 16.5. The van der Waals surface area contributed by atoms with Crippen LogP contribution in [0.2, 0.25) is 0 Å². The van der Waals surface area contributed by atoms with E-state index < -0.39 is 0 Å². The molecule has 1 aromatic carbocycles. The van der Waals surface area contributed by atoms with Gasteiger partial charge in [-0.2, -0.15) is 5.10 Å². The first-order valence-corrected chi connectivity index (χ1v) is 4.43. The first-order chi connectivity index (χ1) is 7.42. The molecule has 2 N–H and O–H groups in total. The smallest absolute Gasteiger partial charge is 0.157 e. The van der Waals surface area contributed by atoms with Gasteiger partial charge in [-0.15, -0.1) is 0 Å². The third kappa shape index (κ3) is 2.03. The molecule has 0 aliphatic rings. The van der Waals surface area contributed by atoms with Crippen LogP contribution in [0, 0.1) is 0 Å². The molecule has 2 rings (SSSR count). The third-order valence-corrected chi connectivity index (χ3v) is 1.88. The second-order valence-corrected chi connectivity index (χ2v) is 2.82. The van der Waals surface area contributed by atoms with Crippen molar-refractivity contribution in [2.45, 2.75) is 0 Å². The van der Waals surface area contributed by atoms with E-state index in [9.17, 15) is 0 Å². The molecule has 1 aromatic heterocycles. The average molecular weight is 202 g/mol. The summed E-state index contributed by atoms with van der Waals surface area (Å²) in [4.78, 5) is 3.98. The van der Waals surface area contributed by atoms with E-state index in [1.165, 1.54) is 6.34 Å². The first-order valence-electron chi connectivity index (χ1n) is 4.43. The molecule has 0 spiro atoms. The molecule has 0 atom stereocenters. The minimum atomic E-state index is 0.641. The number of aliphatic imine (C=N–C) groups is 1. The van der Waals surface area contributed by atoms with Crippen LogP contribution in [0.15, 0.2) is 47.6 Å². The molecular weight excluding hydrogens is 192 g/mol. The fraction of sp³-hybridized carbons (Fsp3) is 0. The van der Waals surface area contributed by atoms with E-state index in [-0.39, 0.29) is 0 Å². The second kappa shape index (κ2) is 4.39. The summed E-state index contributed by atoms with van der Waals surface area (Å²) < 4.78 is 1.67. The number of hydroxylamine groups is 1.